The van der Waals surface area contributed by atoms with Crippen molar-refractivity contribution in [2.24, 2.45) is 0 Å². The van der Waals surface area contributed by atoms with Crippen molar-refractivity contribution in [1.29, 1.82) is 0 Å². The van der Waals surface area contributed by atoms with Gasteiger partial charge in [-0.2, -0.15) is 0 Å². The first-order chi connectivity index (χ1) is 8.47. The van der Waals surface area contributed by atoms with E-state index in [2.05, 4.69) is 5.32 Å². The van der Waals surface area contributed by atoms with E-state index >= 15 is 0 Å². The number of nitrogens with one attached hydrogen (secondary N) is 1. The highest BCUT2D eigenvalue weighted by molar-refractivity contribution is 6.61. The van der Waals surface area contributed by atoms with Crippen LogP contribution in [0, 0.1) is 0 Å². The zero-order valence-corrected chi connectivity index (χ0v) is 9.48. The summed E-state index contributed by atoms with van der Waals surface area (Å²) in [6.07, 6.45) is -0.837. The van der Waals surface area contributed by atoms with Gasteiger partial charge in [-0.15, -0.1) is 0 Å². The molecule has 18 heavy (non-hydrogen) atoms. The van der Waals surface area contributed by atoms with Gasteiger partial charge in [0, 0.05) is 6.04 Å². The molecular weight excluding hydrogens is 246 g/mol. The molecule has 7 heteroatoms. The number of amides is 1. The highest BCUT2D eigenvalue weighted by Gasteiger charge is 2.51. The van der Waals surface area contributed by atoms with Crippen LogP contribution >= 0.6 is 0 Å². The van der Waals surface area contributed by atoms with Gasteiger partial charge in [-0.3, -0.25) is 0 Å². The van der Waals surface area contributed by atoms with Gasteiger partial charge in [0.15, 0.2) is 0 Å². The second kappa shape index (κ2) is 4.92. The predicted octanol–water partition coefficient (Wildman–Crippen LogP) is 2.90. The van der Waals surface area contributed by atoms with Crippen LogP contribution in [0.1, 0.15) is 12.0 Å². The molecule has 1 N–H and O–H groups in total. The van der Waals surface area contributed by atoms with Crippen LogP contribution in [0.25, 0.3) is 0 Å². The zero-order chi connectivity index (χ0) is 13.2. The van der Waals surface area contributed by atoms with E-state index in [0.717, 1.165) is 5.56 Å². The fourth-order valence-electron chi connectivity index (χ4n) is 1.71. The third-order valence-corrected chi connectivity index (χ3v) is 2.84. The van der Waals surface area contributed by atoms with Crippen molar-refractivity contribution in [2.75, 3.05) is 0 Å². The Morgan fingerprint density at radius 2 is 2.00 bits per heavy atom. The number of hydrogen-bond acceptors (Lipinski definition) is 2. The standard InChI is InChI=1S/C11H12BF3NO2/c13-12(14,15)9-6-10(9)16-11(17)18-7-8-4-2-1-3-5-8/h1-5,9-10H,6-7H2,(H,16,17)/q-1/t9-,10-/m0/s1. The van der Waals surface area contributed by atoms with Crippen molar-refractivity contribution in [3.63, 3.8) is 0 Å². The number of halogens is 3. The second-order valence-electron chi connectivity index (χ2n) is 4.34. The smallest absolute Gasteiger partial charge is 0.449 e. The van der Waals surface area contributed by atoms with Crippen LogP contribution in [-0.4, -0.2) is 19.1 Å². The summed E-state index contributed by atoms with van der Waals surface area (Å²) >= 11 is 0. The summed E-state index contributed by atoms with van der Waals surface area (Å²) in [7, 11) is 0. The molecule has 1 amide bonds. The highest BCUT2D eigenvalue weighted by Crippen LogP contribution is 2.47. The van der Waals surface area contributed by atoms with E-state index in [9.17, 15) is 17.7 Å². The Bertz CT molecular complexity index is 424. The normalized spacial score (nSPS) is 22.4. The number of alkyl carbamates (subject to hydrolysis) is 1. The van der Waals surface area contributed by atoms with E-state index in [1.807, 2.05) is 6.07 Å². The minimum absolute atomic E-state index is 0.0378. The maximum absolute atomic E-state index is 12.3. The van der Waals surface area contributed by atoms with Crippen LogP contribution in [-0.2, 0) is 11.3 Å². The lowest BCUT2D eigenvalue weighted by Gasteiger charge is -2.13. The van der Waals surface area contributed by atoms with Crippen molar-refractivity contribution in [1.82, 2.24) is 5.32 Å². The molecule has 1 fully saturated rings. The van der Waals surface area contributed by atoms with Crippen LogP contribution in [0.15, 0.2) is 30.3 Å². The van der Waals surface area contributed by atoms with E-state index in [0.29, 0.717) is 0 Å². The summed E-state index contributed by atoms with van der Waals surface area (Å²) in [5.74, 6) is -1.37. The first-order valence-electron chi connectivity index (χ1n) is 5.64. The second-order valence-corrected chi connectivity index (χ2v) is 4.34. The number of benzene rings is 1. The van der Waals surface area contributed by atoms with E-state index < -0.39 is 24.9 Å². The summed E-state index contributed by atoms with van der Waals surface area (Å²) in [5.41, 5.74) is 0.792. The molecule has 1 aromatic rings. The molecule has 1 saturated carbocycles. The average molecular weight is 258 g/mol. The predicted molar refractivity (Wildman–Crippen MR) is 61.0 cm³/mol. The van der Waals surface area contributed by atoms with Gasteiger partial charge in [-0.25, -0.2) is 4.79 Å². The fourth-order valence-corrected chi connectivity index (χ4v) is 1.71. The van der Waals surface area contributed by atoms with Crippen molar-refractivity contribution in [3.8, 4) is 0 Å². The van der Waals surface area contributed by atoms with E-state index in [-0.39, 0.29) is 13.0 Å². The Morgan fingerprint density at radius 1 is 1.33 bits per heavy atom. The highest BCUT2D eigenvalue weighted by atomic mass is 19.4. The Morgan fingerprint density at radius 3 is 2.56 bits per heavy atom. The maximum Gasteiger partial charge on any atom is 0.483 e. The minimum Gasteiger partial charge on any atom is -0.449 e. The Labute approximate surface area is 102 Å². The molecule has 0 saturated heterocycles. The molecule has 1 aliphatic carbocycles. The molecule has 2 rings (SSSR count). The number of hydrogen-bond donors (Lipinski definition) is 1. The summed E-state index contributed by atoms with van der Waals surface area (Å²) in [4.78, 5) is 11.2. The molecule has 3 nitrogen and oxygen atoms in total. The van der Waals surface area contributed by atoms with Gasteiger partial charge < -0.3 is 23.0 Å². The monoisotopic (exact) mass is 258 g/mol. The van der Waals surface area contributed by atoms with Gasteiger partial charge in [0.1, 0.15) is 6.61 Å². The van der Waals surface area contributed by atoms with E-state index in [1.54, 1.807) is 24.3 Å². The van der Waals surface area contributed by atoms with Gasteiger partial charge in [0.05, 0.1) is 0 Å². The molecule has 1 aromatic carbocycles. The third-order valence-electron chi connectivity index (χ3n) is 2.84. The number of carbonyl (C=O) groups excluding carboxylic acids is 1. The van der Waals surface area contributed by atoms with Crippen LogP contribution < -0.4 is 5.32 Å². The molecule has 0 spiro atoms. The van der Waals surface area contributed by atoms with Crippen molar-refractivity contribution >= 4 is 13.1 Å². The maximum atomic E-state index is 12.3. The lowest BCUT2D eigenvalue weighted by atomic mass is 9.83. The van der Waals surface area contributed by atoms with E-state index in [4.69, 9.17) is 4.74 Å². The molecule has 1 aliphatic rings. The zero-order valence-electron chi connectivity index (χ0n) is 9.48. The largest absolute Gasteiger partial charge is 0.483 e. The van der Waals surface area contributed by atoms with Crippen molar-refractivity contribution in [3.05, 3.63) is 35.9 Å². The molecular formula is C11H12BF3NO2-. The molecule has 98 valence electrons. The topological polar surface area (TPSA) is 38.3 Å². The lowest BCUT2D eigenvalue weighted by molar-refractivity contribution is 0.139. The van der Waals surface area contributed by atoms with Gasteiger partial charge in [-0.05, 0) is 5.56 Å². The Balaban J connectivity index is 1.71. The van der Waals surface area contributed by atoms with Gasteiger partial charge in [0.2, 0.25) is 0 Å². The summed E-state index contributed by atoms with van der Waals surface area (Å²) in [5, 5.41) is 2.22. The van der Waals surface area contributed by atoms with E-state index in [1.165, 1.54) is 0 Å². The van der Waals surface area contributed by atoms with Crippen molar-refractivity contribution in [2.45, 2.75) is 24.9 Å². The summed E-state index contributed by atoms with van der Waals surface area (Å²) in [6, 6.07) is 8.13. The summed E-state index contributed by atoms with van der Waals surface area (Å²) < 4.78 is 41.6. The average Bonchev–Trinajstić information content (AvgIpc) is 3.07. The molecule has 0 aromatic heterocycles. The third kappa shape index (κ3) is 3.42. The quantitative estimate of drug-likeness (QED) is 0.843. The van der Waals surface area contributed by atoms with Crippen molar-refractivity contribution < 1.29 is 22.5 Å². The fraction of sp³-hybridized carbons (Fsp3) is 0.364. The molecule has 0 unspecified atom stereocenters. The molecule has 0 aliphatic heterocycles. The Hall–Kier alpha value is -1.66. The first kappa shape index (κ1) is 12.8. The molecule has 0 heterocycles. The van der Waals surface area contributed by atoms with Crippen LogP contribution in [0.4, 0.5) is 17.7 Å². The van der Waals surface area contributed by atoms with Gasteiger partial charge in [0.25, 0.3) is 0 Å². The number of carbonyl (C=O) groups is 1. The van der Waals surface area contributed by atoms with Crippen LogP contribution in [0.3, 0.4) is 0 Å². The SMILES string of the molecule is O=C(N[C@H]1C[C@@H]1[B-](F)(F)F)OCc1ccccc1. The van der Waals surface area contributed by atoms with Crippen LogP contribution in [0.2, 0.25) is 5.82 Å². The summed E-state index contributed by atoms with van der Waals surface area (Å²) in [6.45, 7) is -4.80. The van der Waals surface area contributed by atoms with Gasteiger partial charge >= 0.3 is 13.1 Å². The number of rotatable bonds is 4. The minimum atomic E-state index is -4.86. The molecule has 0 radical (unpaired) electrons. The van der Waals surface area contributed by atoms with Crippen LogP contribution in [0.5, 0.6) is 0 Å². The Kier molecular flexibility index (Phi) is 3.49. The molecule has 2 atom stereocenters. The van der Waals surface area contributed by atoms with Gasteiger partial charge in [-0.1, -0.05) is 42.6 Å². The lowest BCUT2D eigenvalue weighted by Crippen LogP contribution is -2.30. The number of ether oxygens (including phenoxy) is 1. The molecule has 0 bridgehead atoms. The first-order valence-corrected chi connectivity index (χ1v) is 5.64.